The molecule has 0 spiro atoms. The first kappa shape index (κ1) is 14.9. The van der Waals surface area contributed by atoms with Crippen LogP contribution in [0, 0.1) is 5.82 Å². The zero-order valence-electron chi connectivity index (χ0n) is 10.6. The molecule has 0 saturated heterocycles. The molecule has 2 N–H and O–H groups in total. The molecule has 0 saturated carbocycles. The Bertz CT molecular complexity index is 450. The quantitative estimate of drug-likeness (QED) is 0.788. The van der Waals surface area contributed by atoms with E-state index in [2.05, 4.69) is 5.32 Å². The van der Waals surface area contributed by atoms with E-state index in [1.807, 2.05) is 0 Å². The lowest BCUT2D eigenvalue weighted by molar-refractivity contribution is -0.138. The van der Waals surface area contributed by atoms with Crippen LogP contribution in [-0.2, 0) is 9.59 Å². The zero-order valence-corrected chi connectivity index (χ0v) is 10.6. The van der Waals surface area contributed by atoms with Crippen molar-refractivity contribution in [3.63, 3.8) is 0 Å². The Morgan fingerprint density at radius 1 is 1.37 bits per heavy atom. The van der Waals surface area contributed by atoms with Crippen LogP contribution >= 0.6 is 0 Å². The third kappa shape index (κ3) is 5.85. The minimum atomic E-state index is -1.02. The number of hydrogen-bond acceptors (Lipinski definition) is 3. The van der Waals surface area contributed by atoms with E-state index in [0.29, 0.717) is 0 Å². The maximum atomic E-state index is 13.3. The van der Waals surface area contributed by atoms with E-state index in [-0.39, 0.29) is 31.0 Å². The summed E-state index contributed by atoms with van der Waals surface area (Å²) in [5.41, 5.74) is 0. The first-order valence-electron chi connectivity index (χ1n) is 5.88. The van der Waals surface area contributed by atoms with Gasteiger partial charge in [-0.3, -0.25) is 9.59 Å². The largest absolute Gasteiger partial charge is 0.486 e. The lowest BCUT2D eigenvalue weighted by atomic mass is 10.3. The van der Waals surface area contributed by atoms with Crippen LogP contribution < -0.4 is 10.1 Å². The summed E-state index contributed by atoms with van der Waals surface area (Å²) in [5, 5.41) is 10.9. The molecule has 19 heavy (non-hydrogen) atoms. The number of amides is 1. The summed E-state index contributed by atoms with van der Waals surface area (Å²) in [6, 6.07) is 5.99. The molecule has 0 aliphatic carbocycles. The van der Waals surface area contributed by atoms with Gasteiger partial charge in [0.2, 0.25) is 5.91 Å². The monoisotopic (exact) mass is 269 g/mol. The number of carbonyl (C=O) groups excluding carboxylic acids is 1. The summed E-state index contributed by atoms with van der Waals surface area (Å²) in [4.78, 5) is 21.5. The molecule has 0 radical (unpaired) electrons. The third-order valence-electron chi connectivity index (χ3n) is 2.32. The van der Waals surface area contributed by atoms with E-state index in [4.69, 9.17) is 9.84 Å². The van der Waals surface area contributed by atoms with Crippen LogP contribution in [0.15, 0.2) is 24.3 Å². The molecule has 1 aromatic rings. The highest BCUT2D eigenvalue weighted by molar-refractivity contribution is 5.80. The van der Waals surface area contributed by atoms with E-state index in [1.165, 1.54) is 12.1 Å². The molecule has 0 aliphatic rings. The van der Waals surface area contributed by atoms with E-state index in [1.54, 1.807) is 19.1 Å². The predicted octanol–water partition coefficient (Wildman–Crippen LogP) is 1.57. The minimum Gasteiger partial charge on any atom is -0.486 e. The van der Waals surface area contributed by atoms with Gasteiger partial charge in [-0.25, -0.2) is 4.39 Å². The van der Waals surface area contributed by atoms with E-state index < -0.39 is 17.9 Å². The van der Waals surface area contributed by atoms with Crippen molar-refractivity contribution in [3.05, 3.63) is 30.1 Å². The molecule has 0 aliphatic heterocycles. The van der Waals surface area contributed by atoms with Crippen LogP contribution in [0.4, 0.5) is 4.39 Å². The number of carbonyl (C=O) groups is 2. The molecule has 1 atom stereocenters. The maximum absolute atomic E-state index is 13.3. The van der Waals surface area contributed by atoms with Crippen molar-refractivity contribution >= 4 is 11.9 Å². The van der Waals surface area contributed by atoms with Crippen LogP contribution in [0.5, 0.6) is 5.75 Å². The first-order valence-corrected chi connectivity index (χ1v) is 5.88. The van der Waals surface area contributed by atoms with Gasteiger partial charge in [-0.1, -0.05) is 12.1 Å². The van der Waals surface area contributed by atoms with Crippen LogP contribution in [0.2, 0.25) is 0 Å². The average Bonchev–Trinajstić information content (AvgIpc) is 2.36. The van der Waals surface area contributed by atoms with Gasteiger partial charge in [-0.2, -0.15) is 0 Å². The number of rotatable bonds is 7. The van der Waals surface area contributed by atoms with Gasteiger partial charge in [0.05, 0.1) is 13.0 Å². The number of hydrogen-bond donors (Lipinski definition) is 2. The molecule has 0 aromatic heterocycles. The highest BCUT2D eigenvalue weighted by Crippen LogP contribution is 2.16. The molecule has 0 bridgehead atoms. The Balaban J connectivity index is 2.32. The summed E-state index contributed by atoms with van der Waals surface area (Å²) in [5.74, 6) is -1.74. The van der Waals surface area contributed by atoms with Gasteiger partial charge in [0.15, 0.2) is 11.6 Å². The smallest absolute Gasteiger partial charge is 0.303 e. The predicted molar refractivity (Wildman–Crippen MR) is 66.4 cm³/mol. The van der Waals surface area contributed by atoms with E-state index in [0.717, 1.165) is 0 Å². The van der Waals surface area contributed by atoms with Gasteiger partial charge < -0.3 is 15.2 Å². The van der Waals surface area contributed by atoms with Crippen molar-refractivity contribution in [1.82, 2.24) is 5.32 Å². The number of carboxylic acid groups (broad SMARTS) is 1. The summed E-state index contributed by atoms with van der Waals surface area (Å²) in [6.07, 6.45) is -0.707. The second-order valence-corrected chi connectivity index (χ2v) is 4.06. The topological polar surface area (TPSA) is 75.6 Å². The highest BCUT2D eigenvalue weighted by atomic mass is 19.1. The molecule has 5 nitrogen and oxygen atoms in total. The molecule has 1 aromatic carbocycles. The second-order valence-electron chi connectivity index (χ2n) is 4.06. The Morgan fingerprint density at radius 3 is 2.68 bits per heavy atom. The Morgan fingerprint density at radius 2 is 2.05 bits per heavy atom. The highest BCUT2D eigenvalue weighted by Gasteiger charge is 2.10. The van der Waals surface area contributed by atoms with Crippen LogP contribution in [-0.4, -0.2) is 29.6 Å². The van der Waals surface area contributed by atoms with Gasteiger partial charge in [0, 0.05) is 6.42 Å². The minimum absolute atomic E-state index is 0.0816. The van der Waals surface area contributed by atoms with Crippen LogP contribution in [0.3, 0.4) is 0 Å². The van der Waals surface area contributed by atoms with Crippen molar-refractivity contribution in [2.45, 2.75) is 25.9 Å². The molecule has 1 unspecified atom stereocenters. The third-order valence-corrected chi connectivity index (χ3v) is 2.32. The Hall–Kier alpha value is -2.11. The SMILES string of the molecule is CC(CNC(=O)CCC(=O)O)Oc1ccccc1F. The lowest BCUT2D eigenvalue weighted by Gasteiger charge is -2.15. The molecule has 6 heteroatoms. The van der Waals surface area contributed by atoms with Crippen molar-refractivity contribution in [1.29, 1.82) is 0 Å². The fourth-order valence-corrected chi connectivity index (χ4v) is 1.37. The summed E-state index contributed by atoms with van der Waals surface area (Å²) in [7, 11) is 0. The molecule has 104 valence electrons. The van der Waals surface area contributed by atoms with Crippen molar-refractivity contribution in [3.8, 4) is 5.75 Å². The summed E-state index contributed by atoms with van der Waals surface area (Å²) in [6.45, 7) is 1.87. The van der Waals surface area contributed by atoms with Crippen molar-refractivity contribution in [2.24, 2.45) is 0 Å². The van der Waals surface area contributed by atoms with E-state index in [9.17, 15) is 14.0 Å². The fourth-order valence-electron chi connectivity index (χ4n) is 1.37. The number of aliphatic carboxylic acids is 1. The maximum Gasteiger partial charge on any atom is 0.303 e. The molecule has 0 fully saturated rings. The van der Waals surface area contributed by atoms with Gasteiger partial charge in [-0.05, 0) is 19.1 Å². The van der Waals surface area contributed by atoms with Crippen LogP contribution in [0.1, 0.15) is 19.8 Å². The Labute approximate surface area is 110 Å². The molecule has 1 amide bonds. The summed E-state index contributed by atoms with van der Waals surface area (Å²) >= 11 is 0. The van der Waals surface area contributed by atoms with Crippen molar-refractivity contribution in [2.75, 3.05) is 6.54 Å². The lowest BCUT2D eigenvalue weighted by Crippen LogP contribution is -2.33. The van der Waals surface area contributed by atoms with Gasteiger partial charge >= 0.3 is 5.97 Å². The Kier molecular flexibility index (Phi) is 5.78. The van der Waals surface area contributed by atoms with Gasteiger partial charge in [0.25, 0.3) is 0 Å². The molecular formula is C13H16FNO4. The normalized spacial score (nSPS) is 11.7. The summed E-state index contributed by atoms with van der Waals surface area (Å²) < 4.78 is 18.6. The number of halogens is 1. The molecule has 1 rings (SSSR count). The van der Waals surface area contributed by atoms with E-state index >= 15 is 0 Å². The molecular weight excluding hydrogens is 253 g/mol. The zero-order chi connectivity index (χ0) is 14.3. The van der Waals surface area contributed by atoms with Gasteiger partial charge in [0.1, 0.15) is 6.10 Å². The second kappa shape index (κ2) is 7.35. The average molecular weight is 269 g/mol. The number of nitrogens with one attached hydrogen (secondary N) is 1. The number of benzene rings is 1. The van der Waals surface area contributed by atoms with Crippen molar-refractivity contribution < 1.29 is 23.8 Å². The fraction of sp³-hybridized carbons (Fsp3) is 0.385. The first-order chi connectivity index (χ1) is 8.99. The van der Waals surface area contributed by atoms with Gasteiger partial charge in [-0.15, -0.1) is 0 Å². The number of para-hydroxylation sites is 1. The number of ether oxygens (including phenoxy) is 1. The number of carboxylic acids is 1. The van der Waals surface area contributed by atoms with Crippen LogP contribution in [0.25, 0.3) is 0 Å². The molecule has 0 heterocycles. The standard InChI is InChI=1S/C13H16FNO4/c1-9(8-15-12(16)6-7-13(17)18)19-11-5-3-2-4-10(11)14/h2-5,9H,6-8H2,1H3,(H,15,16)(H,17,18).